The van der Waals surface area contributed by atoms with Crippen molar-refractivity contribution in [2.45, 2.75) is 24.1 Å². The predicted octanol–water partition coefficient (Wildman–Crippen LogP) is 3.15. The minimum Gasteiger partial charge on any atom is -0.465 e. The van der Waals surface area contributed by atoms with Crippen molar-refractivity contribution >= 4 is 46.8 Å². The Morgan fingerprint density at radius 1 is 1.29 bits per heavy atom. The van der Waals surface area contributed by atoms with E-state index < -0.39 is 10.2 Å². The van der Waals surface area contributed by atoms with Gasteiger partial charge in [-0.2, -0.15) is 0 Å². The molecular formula is C14H17Cl2NO3S. The zero-order valence-corrected chi connectivity index (χ0v) is 14.1. The minimum absolute atomic E-state index is 0.0720. The molecule has 1 rings (SSSR count). The first-order valence-electron chi connectivity index (χ1n) is 6.37. The van der Waals surface area contributed by atoms with Crippen molar-refractivity contribution in [3.8, 4) is 0 Å². The maximum atomic E-state index is 12.1. The highest BCUT2D eigenvalue weighted by atomic mass is 35.5. The molecule has 0 aromatic heterocycles. The van der Waals surface area contributed by atoms with Gasteiger partial charge in [0.1, 0.15) is 10.2 Å². The third-order valence-corrected chi connectivity index (χ3v) is 4.46. The van der Waals surface area contributed by atoms with Gasteiger partial charge in [0.2, 0.25) is 0 Å². The number of nitrogens with one attached hydrogen (secondary N) is 1. The molecular weight excluding hydrogens is 333 g/mol. The van der Waals surface area contributed by atoms with Crippen LogP contribution in [0.5, 0.6) is 0 Å². The quantitative estimate of drug-likeness (QED) is 0.466. The number of amides is 1. The van der Waals surface area contributed by atoms with Crippen LogP contribution in [-0.4, -0.2) is 34.4 Å². The largest absolute Gasteiger partial charge is 0.465 e. The van der Waals surface area contributed by atoms with Crippen LogP contribution in [0.15, 0.2) is 24.3 Å². The van der Waals surface area contributed by atoms with Crippen LogP contribution in [0.25, 0.3) is 0 Å². The normalized spacial score (nSPS) is 12.0. The van der Waals surface area contributed by atoms with Crippen LogP contribution in [0.3, 0.4) is 0 Å². The van der Waals surface area contributed by atoms with E-state index >= 15 is 0 Å². The lowest BCUT2D eigenvalue weighted by Gasteiger charge is -2.19. The number of rotatable bonds is 7. The van der Waals surface area contributed by atoms with E-state index in [2.05, 4.69) is 5.32 Å². The monoisotopic (exact) mass is 349 g/mol. The fourth-order valence-corrected chi connectivity index (χ4v) is 2.75. The molecule has 1 aromatic carbocycles. The Morgan fingerprint density at radius 2 is 1.90 bits per heavy atom. The molecule has 0 aliphatic carbocycles. The molecule has 0 heterocycles. The first-order valence-corrected chi connectivity index (χ1v) is 8.29. The smallest absolute Gasteiger partial charge is 0.315 e. The summed E-state index contributed by atoms with van der Waals surface area (Å²) >= 11 is 12.8. The van der Waals surface area contributed by atoms with Crippen LogP contribution >= 0.6 is 35.0 Å². The van der Waals surface area contributed by atoms with Gasteiger partial charge >= 0.3 is 5.97 Å². The Kier molecular flexibility index (Phi) is 7.93. The molecule has 1 N–H and O–H groups in total. The SMILES string of the molecule is CCOC(=O)CS[C@H](NC(=O)c1ccc(C)cc1)C(Cl)Cl. The zero-order valence-electron chi connectivity index (χ0n) is 11.8. The Balaban J connectivity index is 2.59. The molecule has 0 unspecified atom stereocenters. The second-order valence-corrected chi connectivity index (χ2v) is 6.50. The number of hydrogen-bond acceptors (Lipinski definition) is 4. The third kappa shape index (κ3) is 6.59. The lowest BCUT2D eigenvalue weighted by molar-refractivity contribution is -0.139. The second-order valence-electron chi connectivity index (χ2n) is 4.21. The Labute approximate surface area is 138 Å². The average molecular weight is 350 g/mol. The van der Waals surface area contributed by atoms with Crippen LogP contribution in [-0.2, 0) is 9.53 Å². The van der Waals surface area contributed by atoms with Gasteiger partial charge in [-0.1, -0.05) is 17.7 Å². The van der Waals surface area contributed by atoms with Gasteiger partial charge in [-0.05, 0) is 26.0 Å². The topological polar surface area (TPSA) is 55.4 Å². The number of halogens is 2. The van der Waals surface area contributed by atoms with Gasteiger partial charge < -0.3 is 10.1 Å². The standard InChI is InChI=1S/C14H17Cl2NO3S/c1-3-20-11(18)8-21-14(12(15)16)17-13(19)10-6-4-9(2)5-7-10/h4-7,12,14H,3,8H2,1-2H3,(H,17,19)/t14-/m0/s1. The van der Waals surface area contributed by atoms with Crippen molar-refractivity contribution < 1.29 is 14.3 Å². The molecule has 0 saturated heterocycles. The van der Waals surface area contributed by atoms with E-state index in [1.807, 2.05) is 19.1 Å². The molecule has 0 aliphatic heterocycles. The first kappa shape index (κ1) is 18.1. The molecule has 1 aromatic rings. The van der Waals surface area contributed by atoms with Crippen molar-refractivity contribution in [3.63, 3.8) is 0 Å². The van der Waals surface area contributed by atoms with Gasteiger partial charge in [0.15, 0.2) is 0 Å². The number of ether oxygens (including phenoxy) is 1. The number of hydrogen-bond donors (Lipinski definition) is 1. The van der Waals surface area contributed by atoms with E-state index in [4.69, 9.17) is 27.9 Å². The van der Waals surface area contributed by atoms with Gasteiger partial charge in [0, 0.05) is 5.56 Å². The summed E-state index contributed by atoms with van der Waals surface area (Å²) < 4.78 is 4.82. The Morgan fingerprint density at radius 3 is 2.43 bits per heavy atom. The molecule has 0 spiro atoms. The summed E-state index contributed by atoms with van der Waals surface area (Å²) in [6.45, 7) is 3.98. The van der Waals surface area contributed by atoms with Gasteiger partial charge in [0.25, 0.3) is 5.91 Å². The summed E-state index contributed by atoms with van der Waals surface area (Å²) in [6, 6.07) is 7.12. The van der Waals surface area contributed by atoms with Gasteiger partial charge in [-0.25, -0.2) is 0 Å². The molecule has 0 bridgehead atoms. The van der Waals surface area contributed by atoms with E-state index in [0.717, 1.165) is 17.3 Å². The number of thioether (sulfide) groups is 1. The molecule has 21 heavy (non-hydrogen) atoms. The summed E-state index contributed by atoms with van der Waals surface area (Å²) in [7, 11) is 0. The summed E-state index contributed by atoms with van der Waals surface area (Å²) in [6.07, 6.45) is 0. The van der Waals surface area contributed by atoms with E-state index in [0.29, 0.717) is 12.2 Å². The number of aryl methyl sites for hydroxylation is 1. The van der Waals surface area contributed by atoms with Crippen molar-refractivity contribution in [1.29, 1.82) is 0 Å². The highest BCUT2D eigenvalue weighted by Gasteiger charge is 2.22. The number of carbonyl (C=O) groups excluding carboxylic acids is 2. The predicted molar refractivity (Wildman–Crippen MR) is 87.0 cm³/mol. The molecule has 4 nitrogen and oxygen atoms in total. The van der Waals surface area contributed by atoms with Crippen LogP contribution in [0.2, 0.25) is 0 Å². The summed E-state index contributed by atoms with van der Waals surface area (Å²) in [5.74, 6) is -0.587. The molecule has 7 heteroatoms. The second kappa shape index (κ2) is 9.18. The fourth-order valence-electron chi connectivity index (χ4n) is 1.46. The van der Waals surface area contributed by atoms with Gasteiger partial charge in [-0.3, -0.25) is 9.59 Å². The van der Waals surface area contributed by atoms with E-state index in [9.17, 15) is 9.59 Å². The number of esters is 1. The minimum atomic E-state index is -0.834. The fraction of sp³-hybridized carbons (Fsp3) is 0.429. The maximum absolute atomic E-state index is 12.1. The third-order valence-electron chi connectivity index (χ3n) is 2.50. The van der Waals surface area contributed by atoms with Crippen molar-refractivity contribution in [2.75, 3.05) is 12.4 Å². The molecule has 0 radical (unpaired) electrons. The number of benzene rings is 1. The van der Waals surface area contributed by atoms with Crippen LogP contribution in [0, 0.1) is 6.92 Å². The Bertz CT molecular complexity index is 480. The summed E-state index contributed by atoms with van der Waals surface area (Å²) in [4.78, 5) is 22.6. The van der Waals surface area contributed by atoms with Crippen LogP contribution < -0.4 is 5.32 Å². The number of carbonyl (C=O) groups is 2. The van der Waals surface area contributed by atoms with E-state index in [1.54, 1.807) is 19.1 Å². The van der Waals surface area contributed by atoms with Crippen molar-refractivity contribution in [1.82, 2.24) is 5.32 Å². The highest BCUT2D eigenvalue weighted by molar-refractivity contribution is 8.00. The van der Waals surface area contributed by atoms with E-state index in [-0.39, 0.29) is 17.6 Å². The molecule has 0 aliphatic rings. The van der Waals surface area contributed by atoms with Crippen LogP contribution in [0.1, 0.15) is 22.8 Å². The lowest BCUT2D eigenvalue weighted by Crippen LogP contribution is -2.37. The zero-order chi connectivity index (χ0) is 15.8. The van der Waals surface area contributed by atoms with Crippen LogP contribution in [0.4, 0.5) is 0 Å². The molecule has 0 saturated carbocycles. The Hall–Kier alpha value is -0.910. The maximum Gasteiger partial charge on any atom is 0.315 e. The summed E-state index contributed by atoms with van der Waals surface area (Å²) in [5.41, 5.74) is 1.57. The summed E-state index contributed by atoms with van der Waals surface area (Å²) in [5, 5.41) is 2.11. The molecule has 116 valence electrons. The van der Waals surface area contributed by atoms with Gasteiger partial charge in [0.05, 0.1) is 12.4 Å². The van der Waals surface area contributed by atoms with Crippen molar-refractivity contribution in [3.05, 3.63) is 35.4 Å². The van der Waals surface area contributed by atoms with Gasteiger partial charge in [-0.15, -0.1) is 35.0 Å². The molecule has 1 amide bonds. The van der Waals surface area contributed by atoms with E-state index in [1.165, 1.54) is 0 Å². The number of alkyl halides is 2. The first-order chi connectivity index (χ1) is 9.93. The average Bonchev–Trinajstić information content (AvgIpc) is 2.43. The highest BCUT2D eigenvalue weighted by Crippen LogP contribution is 2.20. The van der Waals surface area contributed by atoms with Crippen molar-refractivity contribution in [2.24, 2.45) is 0 Å². The lowest BCUT2D eigenvalue weighted by atomic mass is 10.1. The molecule has 1 atom stereocenters. The molecule has 0 fully saturated rings.